The average molecular weight is 334 g/mol. The molecule has 1 aliphatic carbocycles. The summed E-state index contributed by atoms with van der Waals surface area (Å²) in [7, 11) is 0. The number of nitrogens with two attached hydrogens (primary N) is 1. The van der Waals surface area contributed by atoms with E-state index >= 15 is 0 Å². The van der Waals surface area contributed by atoms with Crippen molar-refractivity contribution in [2.24, 2.45) is 5.73 Å². The maximum absolute atomic E-state index is 11.5. The van der Waals surface area contributed by atoms with Crippen LogP contribution in [0.3, 0.4) is 0 Å². The van der Waals surface area contributed by atoms with Gasteiger partial charge in [0, 0.05) is 28.8 Å². The van der Waals surface area contributed by atoms with E-state index in [1.165, 1.54) is 21.6 Å². The summed E-state index contributed by atoms with van der Waals surface area (Å²) in [6.07, 6.45) is 0.858. The van der Waals surface area contributed by atoms with Gasteiger partial charge in [-0.1, -0.05) is 36.4 Å². The number of hydrogen-bond acceptors (Lipinski definition) is 3. The molecule has 4 rings (SSSR count). The first-order valence-electron chi connectivity index (χ1n) is 8.13. The van der Waals surface area contributed by atoms with E-state index in [2.05, 4.69) is 22.3 Å². The Bertz CT molecular complexity index is 931. The molecule has 0 saturated heterocycles. The van der Waals surface area contributed by atoms with Crippen molar-refractivity contribution in [3.05, 3.63) is 59.7 Å². The highest BCUT2D eigenvalue weighted by Gasteiger charge is 2.24. The lowest BCUT2D eigenvalue weighted by Crippen LogP contribution is -2.37. The molecule has 0 unspecified atom stereocenters. The lowest BCUT2D eigenvalue weighted by atomic mass is 10.0. The fourth-order valence-electron chi connectivity index (χ4n) is 3.37. The topological polar surface area (TPSA) is 95.2 Å². The number of nitrogens with one attached hydrogen (secondary N) is 1. The maximum atomic E-state index is 11.5. The second-order valence-corrected chi connectivity index (χ2v) is 6.02. The first kappa shape index (κ1) is 15.4. The van der Waals surface area contributed by atoms with E-state index in [-0.39, 0.29) is 13.2 Å². The van der Waals surface area contributed by atoms with Crippen LogP contribution in [0, 0.1) is 0 Å². The molecule has 4 N–H and O–H groups in total. The Balaban J connectivity index is 1.67. The van der Waals surface area contributed by atoms with Gasteiger partial charge in [0.15, 0.2) is 0 Å². The van der Waals surface area contributed by atoms with Crippen molar-refractivity contribution in [2.45, 2.75) is 6.42 Å². The van der Waals surface area contributed by atoms with Crippen molar-refractivity contribution in [1.82, 2.24) is 10.2 Å². The summed E-state index contributed by atoms with van der Waals surface area (Å²) in [5.74, 6) is 0. The Kier molecular flexibility index (Phi) is 3.74. The van der Waals surface area contributed by atoms with Crippen LogP contribution in [-0.4, -0.2) is 34.5 Å². The fourth-order valence-corrected chi connectivity index (χ4v) is 3.37. The van der Waals surface area contributed by atoms with E-state index in [1.807, 2.05) is 36.4 Å². The number of aromatic amines is 1. The van der Waals surface area contributed by atoms with Crippen LogP contribution < -0.4 is 10.6 Å². The molecule has 2 aromatic carbocycles. The zero-order valence-corrected chi connectivity index (χ0v) is 13.6. The number of urea groups is 1. The summed E-state index contributed by atoms with van der Waals surface area (Å²) >= 11 is 0. The molecule has 0 atom stereocenters. The first-order chi connectivity index (χ1) is 12.2. The van der Waals surface area contributed by atoms with Gasteiger partial charge in [0.2, 0.25) is 0 Å². The third-order valence-electron chi connectivity index (χ3n) is 4.56. The molecular formula is C19H18N4O2. The molecule has 1 aromatic heterocycles. The molecule has 0 aliphatic heterocycles. The Morgan fingerprint density at radius 1 is 1.20 bits per heavy atom. The van der Waals surface area contributed by atoms with Gasteiger partial charge in [-0.3, -0.25) is 10.00 Å². The minimum absolute atomic E-state index is 0.143. The summed E-state index contributed by atoms with van der Waals surface area (Å²) in [4.78, 5) is 12.8. The molecule has 1 heterocycles. The number of carbonyl (C=O) groups is 1. The van der Waals surface area contributed by atoms with Crippen LogP contribution in [-0.2, 0) is 6.42 Å². The standard InChI is InChI=1S/C19H18N4O2/c20-19(25)23(9-10-24)14-7-5-12(6-8-14)17-16-11-13-3-1-2-4-15(13)18(16)22-21-17/h1-8,24H,9-11H2,(H2,20,25)(H,21,22). The minimum atomic E-state index is -0.585. The molecule has 0 radical (unpaired) electrons. The van der Waals surface area contributed by atoms with E-state index in [0.29, 0.717) is 5.69 Å². The van der Waals surface area contributed by atoms with Crippen LogP contribution in [0.2, 0.25) is 0 Å². The highest BCUT2D eigenvalue weighted by Crippen LogP contribution is 2.39. The number of carbonyl (C=O) groups excluding carboxylic acids is 1. The number of nitrogens with zero attached hydrogens (tertiary/aromatic N) is 2. The number of fused-ring (bicyclic) bond motifs is 3. The third-order valence-corrected chi connectivity index (χ3v) is 4.56. The molecule has 0 saturated carbocycles. The van der Waals surface area contributed by atoms with E-state index in [0.717, 1.165) is 23.4 Å². The number of anilines is 1. The van der Waals surface area contributed by atoms with E-state index in [4.69, 9.17) is 10.8 Å². The highest BCUT2D eigenvalue weighted by molar-refractivity contribution is 5.91. The number of amides is 2. The predicted octanol–water partition coefficient (Wildman–Crippen LogP) is 2.53. The number of primary amides is 1. The molecule has 0 bridgehead atoms. The van der Waals surface area contributed by atoms with Crippen molar-refractivity contribution in [1.29, 1.82) is 0 Å². The Hall–Kier alpha value is -3.12. The Morgan fingerprint density at radius 3 is 2.68 bits per heavy atom. The molecule has 3 aromatic rings. The summed E-state index contributed by atoms with van der Waals surface area (Å²) in [6, 6.07) is 15.2. The van der Waals surface area contributed by atoms with Gasteiger partial charge in [-0.15, -0.1) is 0 Å². The zero-order valence-electron chi connectivity index (χ0n) is 13.6. The maximum Gasteiger partial charge on any atom is 0.319 e. The average Bonchev–Trinajstić information content (AvgIpc) is 3.19. The molecular weight excluding hydrogens is 316 g/mol. The normalized spacial score (nSPS) is 11.9. The van der Waals surface area contributed by atoms with E-state index in [1.54, 1.807) is 0 Å². The summed E-state index contributed by atoms with van der Waals surface area (Å²) in [6.45, 7) is 0.0254. The van der Waals surface area contributed by atoms with E-state index in [9.17, 15) is 4.79 Å². The van der Waals surface area contributed by atoms with Crippen LogP contribution in [0.25, 0.3) is 22.5 Å². The van der Waals surface area contributed by atoms with Crippen molar-refractivity contribution >= 4 is 11.7 Å². The molecule has 1 aliphatic rings. The van der Waals surface area contributed by atoms with E-state index < -0.39 is 6.03 Å². The molecule has 126 valence electrons. The van der Waals surface area contributed by atoms with Crippen molar-refractivity contribution in [2.75, 3.05) is 18.1 Å². The largest absolute Gasteiger partial charge is 0.395 e. The second kappa shape index (κ2) is 6.07. The quantitative estimate of drug-likeness (QED) is 0.535. The van der Waals surface area contributed by atoms with Gasteiger partial charge in [0.1, 0.15) is 0 Å². The number of rotatable bonds is 4. The number of aliphatic hydroxyl groups is 1. The number of benzene rings is 2. The number of aliphatic hydroxyl groups excluding tert-OH is 1. The zero-order chi connectivity index (χ0) is 17.4. The van der Waals surface area contributed by atoms with Gasteiger partial charge in [0.05, 0.1) is 24.5 Å². The fraction of sp³-hybridized carbons (Fsp3) is 0.158. The molecule has 6 heteroatoms. The molecule has 0 fully saturated rings. The van der Waals surface area contributed by atoms with Crippen LogP contribution in [0.5, 0.6) is 0 Å². The Labute approximate surface area is 144 Å². The first-order valence-corrected chi connectivity index (χ1v) is 8.13. The van der Waals surface area contributed by atoms with Crippen LogP contribution >= 0.6 is 0 Å². The van der Waals surface area contributed by atoms with Gasteiger partial charge in [-0.2, -0.15) is 5.10 Å². The molecule has 6 nitrogen and oxygen atoms in total. The van der Waals surface area contributed by atoms with Crippen molar-refractivity contribution < 1.29 is 9.90 Å². The molecule has 25 heavy (non-hydrogen) atoms. The monoisotopic (exact) mass is 334 g/mol. The van der Waals surface area contributed by atoms with Crippen LogP contribution in [0.15, 0.2) is 48.5 Å². The van der Waals surface area contributed by atoms with Gasteiger partial charge in [-0.05, 0) is 17.7 Å². The van der Waals surface area contributed by atoms with Gasteiger partial charge >= 0.3 is 6.03 Å². The van der Waals surface area contributed by atoms with Crippen LogP contribution in [0.1, 0.15) is 11.1 Å². The van der Waals surface area contributed by atoms with Gasteiger partial charge in [0.25, 0.3) is 0 Å². The number of hydrogen-bond donors (Lipinski definition) is 3. The van der Waals surface area contributed by atoms with Crippen LogP contribution in [0.4, 0.5) is 10.5 Å². The number of aromatic nitrogens is 2. The lowest BCUT2D eigenvalue weighted by molar-refractivity contribution is 0.249. The predicted molar refractivity (Wildman–Crippen MR) is 96.3 cm³/mol. The van der Waals surface area contributed by atoms with Crippen molar-refractivity contribution in [3.63, 3.8) is 0 Å². The van der Waals surface area contributed by atoms with Gasteiger partial charge in [-0.25, -0.2) is 4.79 Å². The smallest absolute Gasteiger partial charge is 0.319 e. The second-order valence-electron chi connectivity index (χ2n) is 6.02. The lowest BCUT2D eigenvalue weighted by Gasteiger charge is -2.19. The minimum Gasteiger partial charge on any atom is -0.395 e. The summed E-state index contributed by atoms with van der Waals surface area (Å²) in [5.41, 5.74) is 12.7. The third kappa shape index (κ3) is 2.56. The molecule has 2 amide bonds. The molecule has 0 spiro atoms. The SMILES string of the molecule is NC(=O)N(CCO)c1ccc(-c2n[nH]c3c2Cc2ccccc2-3)cc1. The highest BCUT2D eigenvalue weighted by atomic mass is 16.3. The summed E-state index contributed by atoms with van der Waals surface area (Å²) in [5, 5.41) is 16.7. The number of H-pyrrole nitrogens is 1. The van der Waals surface area contributed by atoms with Gasteiger partial charge < -0.3 is 10.8 Å². The van der Waals surface area contributed by atoms with Crippen molar-refractivity contribution in [3.8, 4) is 22.5 Å². The Morgan fingerprint density at radius 2 is 1.96 bits per heavy atom. The summed E-state index contributed by atoms with van der Waals surface area (Å²) < 4.78 is 0.